The van der Waals surface area contributed by atoms with Crippen molar-refractivity contribution < 1.29 is 0 Å². The van der Waals surface area contributed by atoms with Crippen LogP contribution in [0.5, 0.6) is 0 Å². The second-order valence-corrected chi connectivity index (χ2v) is 4.95. The van der Waals surface area contributed by atoms with Gasteiger partial charge in [0.25, 0.3) is 0 Å². The molecule has 0 radical (unpaired) electrons. The van der Waals surface area contributed by atoms with Crippen molar-refractivity contribution in [3.05, 3.63) is 0 Å². The quantitative estimate of drug-likeness (QED) is 0.674. The molecule has 1 heterocycles. The Kier molecular flexibility index (Phi) is 3.33. The highest BCUT2D eigenvalue weighted by Crippen LogP contribution is 2.18. The Bertz CT molecular complexity index is 166. The lowest BCUT2D eigenvalue weighted by Crippen LogP contribution is -2.58. The van der Waals surface area contributed by atoms with Crippen molar-refractivity contribution in [2.45, 2.75) is 32.4 Å². The van der Waals surface area contributed by atoms with Crippen molar-refractivity contribution in [3.63, 3.8) is 0 Å². The minimum atomic E-state index is 0.291. The van der Waals surface area contributed by atoms with Crippen LogP contribution >= 0.6 is 0 Å². The molecule has 1 unspecified atom stereocenters. The van der Waals surface area contributed by atoms with Gasteiger partial charge in [0.15, 0.2) is 0 Å². The fraction of sp³-hybridized carbons (Fsp3) is 1.00. The largest absolute Gasteiger partial charge is 0.327 e. The van der Waals surface area contributed by atoms with Crippen LogP contribution in [0, 0.1) is 0 Å². The molecule has 0 aliphatic carbocycles. The molecule has 1 aliphatic heterocycles. The van der Waals surface area contributed by atoms with Crippen LogP contribution in [0.3, 0.4) is 0 Å². The molecule has 13 heavy (non-hydrogen) atoms. The number of piperazine rings is 1. The van der Waals surface area contributed by atoms with Crippen LogP contribution in [0.2, 0.25) is 0 Å². The van der Waals surface area contributed by atoms with Gasteiger partial charge in [-0.3, -0.25) is 9.80 Å². The number of rotatable bonds is 2. The van der Waals surface area contributed by atoms with E-state index in [1.165, 1.54) is 0 Å². The minimum Gasteiger partial charge on any atom is -0.327 e. The van der Waals surface area contributed by atoms with Crippen molar-refractivity contribution in [2.24, 2.45) is 5.73 Å². The summed E-state index contributed by atoms with van der Waals surface area (Å²) in [5, 5.41) is 0. The van der Waals surface area contributed by atoms with Crippen molar-refractivity contribution in [1.82, 2.24) is 9.80 Å². The molecule has 1 fully saturated rings. The topological polar surface area (TPSA) is 32.5 Å². The smallest absolute Gasteiger partial charge is 0.0277 e. The van der Waals surface area contributed by atoms with Crippen LogP contribution in [-0.4, -0.2) is 54.6 Å². The van der Waals surface area contributed by atoms with Crippen molar-refractivity contribution >= 4 is 0 Å². The standard InChI is InChI=1S/C10H23N3/c1-9(11)7-13-6-5-12(4)10(2,3)8-13/h9H,5-8,11H2,1-4H3. The summed E-state index contributed by atoms with van der Waals surface area (Å²) in [6.45, 7) is 11.1. The van der Waals surface area contributed by atoms with E-state index in [0.717, 1.165) is 26.2 Å². The van der Waals surface area contributed by atoms with E-state index in [4.69, 9.17) is 5.73 Å². The predicted octanol–water partition coefficient (Wildman–Crippen LogP) is 0.360. The summed E-state index contributed by atoms with van der Waals surface area (Å²) in [6, 6.07) is 0.291. The van der Waals surface area contributed by atoms with Gasteiger partial charge in [0, 0.05) is 37.8 Å². The molecule has 0 aromatic carbocycles. The molecule has 0 aromatic rings. The van der Waals surface area contributed by atoms with E-state index in [1.54, 1.807) is 0 Å². The van der Waals surface area contributed by atoms with E-state index >= 15 is 0 Å². The summed E-state index contributed by atoms with van der Waals surface area (Å²) in [4.78, 5) is 4.88. The average molecular weight is 185 g/mol. The predicted molar refractivity (Wildman–Crippen MR) is 56.8 cm³/mol. The molecule has 78 valence electrons. The van der Waals surface area contributed by atoms with E-state index in [0.29, 0.717) is 11.6 Å². The van der Waals surface area contributed by atoms with E-state index in [9.17, 15) is 0 Å². The zero-order chi connectivity index (χ0) is 10.1. The van der Waals surface area contributed by atoms with Gasteiger partial charge in [-0.1, -0.05) is 0 Å². The Morgan fingerprint density at radius 3 is 2.46 bits per heavy atom. The molecule has 0 saturated carbocycles. The lowest BCUT2D eigenvalue weighted by atomic mass is 9.99. The molecular weight excluding hydrogens is 162 g/mol. The fourth-order valence-electron chi connectivity index (χ4n) is 1.90. The molecule has 0 aromatic heterocycles. The summed E-state index contributed by atoms with van der Waals surface area (Å²) < 4.78 is 0. The van der Waals surface area contributed by atoms with E-state index in [-0.39, 0.29) is 0 Å². The fourth-order valence-corrected chi connectivity index (χ4v) is 1.90. The Morgan fingerprint density at radius 2 is 2.00 bits per heavy atom. The molecule has 0 bridgehead atoms. The molecule has 1 aliphatic rings. The number of hydrogen-bond acceptors (Lipinski definition) is 3. The normalized spacial score (nSPS) is 27.5. The first-order chi connectivity index (χ1) is 5.92. The van der Waals surface area contributed by atoms with Crippen LogP contribution in [0.25, 0.3) is 0 Å². The Hall–Kier alpha value is -0.120. The monoisotopic (exact) mass is 185 g/mol. The second-order valence-electron chi connectivity index (χ2n) is 4.95. The van der Waals surface area contributed by atoms with E-state index in [2.05, 4.69) is 37.6 Å². The van der Waals surface area contributed by atoms with Crippen LogP contribution in [0.15, 0.2) is 0 Å². The number of hydrogen-bond donors (Lipinski definition) is 1. The minimum absolute atomic E-state index is 0.291. The lowest BCUT2D eigenvalue weighted by molar-refractivity contribution is 0.0380. The summed E-state index contributed by atoms with van der Waals surface area (Å²) in [5.74, 6) is 0. The van der Waals surface area contributed by atoms with Crippen molar-refractivity contribution in [2.75, 3.05) is 33.2 Å². The Morgan fingerprint density at radius 1 is 1.38 bits per heavy atom. The SMILES string of the molecule is CC(N)CN1CCN(C)C(C)(C)C1. The van der Waals surface area contributed by atoms with Crippen LogP contribution in [0.1, 0.15) is 20.8 Å². The average Bonchev–Trinajstić information content (AvgIpc) is 1.95. The van der Waals surface area contributed by atoms with Crippen LogP contribution < -0.4 is 5.73 Å². The molecule has 1 rings (SSSR count). The maximum absolute atomic E-state index is 5.79. The first kappa shape index (κ1) is 11.0. The second kappa shape index (κ2) is 3.95. The van der Waals surface area contributed by atoms with E-state index in [1.807, 2.05) is 0 Å². The molecule has 1 saturated heterocycles. The van der Waals surface area contributed by atoms with Gasteiger partial charge in [-0.25, -0.2) is 0 Å². The Labute approximate surface area is 81.9 Å². The molecule has 0 amide bonds. The third kappa shape index (κ3) is 2.93. The highest BCUT2D eigenvalue weighted by molar-refractivity contribution is 4.88. The zero-order valence-corrected chi connectivity index (χ0v) is 9.38. The molecule has 3 heteroatoms. The van der Waals surface area contributed by atoms with Crippen molar-refractivity contribution in [1.29, 1.82) is 0 Å². The van der Waals surface area contributed by atoms with Gasteiger partial charge in [0.05, 0.1) is 0 Å². The zero-order valence-electron chi connectivity index (χ0n) is 9.38. The summed E-state index contributed by atoms with van der Waals surface area (Å²) in [6.07, 6.45) is 0. The Balaban J connectivity index is 2.46. The highest BCUT2D eigenvalue weighted by atomic mass is 15.3. The number of likely N-dealkylation sites (N-methyl/N-ethyl adjacent to an activating group) is 1. The van der Waals surface area contributed by atoms with Gasteiger partial charge >= 0.3 is 0 Å². The van der Waals surface area contributed by atoms with Gasteiger partial charge < -0.3 is 5.73 Å². The van der Waals surface area contributed by atoms with Crippen LogP contribution in [0.4, 0.5) is 0 Å². The summed E-state index contributed by atoms with van der Waals surface area (Å²) in [7, 11) is 2.20. The maximum Gasteiger partial charge on any atom is 0.0277 e. The molecular formula is C10H23N3. The van der Waals surface area contributed by atoms with Crippen molar-refractivity contribution in [3.8, 4) is 0 Å². The third-order valence-electron chi connectivity index (χ3n) is 2.94. The molecule has 1 atom stereocenters. The third-order valence-corrected chi connectivity index (χ3v) is 2.94. The summed E-state index contributed by atoms with van der Waals surface area (Å²) in [5.41, 5.74) is 6.09. The van der Waals surface area contributed by atoms with Gasteiger partial charge in [-0.2, -0.15) is 0 Å². The molecule has 2 N–H and O–H groups in total. The molecule has 3 nitrogen and oxygen atoms in total. The first-order valence-corrected chi connectivity index (χ1v) is 5.11. The van der Waals surface area contributed by atoms with Gasteiger partial charge in [0.2, 0.25) is 0 Å². The number of nitrogens with two attached hydrogens (primary N) is 1. The maximum atomic E-state index is 5.79. The van der Waals surface area contributed by atoms with Gasteiger partial charge in [-0.15, -0.1) is 0 Å². The highest BCUT2D eigenvalue weighted by Gasteiger charge is 2.30. The lowest BCUT2D eigenvalue weighted by Gasteiger charge is -2.45. The number of nitrogens with zero attached hydrogens (tertiary/aromatic N) is 2. The van der Waals surface area contributed by atoms with Crippen LogP contribution in [-0.2, 0) is 0 Å². The van der Waals surface area contributed by atoms with Gasteiger partial charge in [0.1, 0.15) is 0 Å². The molecule has 0 spiro atoms. The van der Waals surface area contributed by atoms with Gasteiger partial charge in [-0.05, 0) is 27.8 Å². The first-order valence-electron chi connectivity index (χ1n) is 5.11. The summed E-state index contributed by atoms with van der Waals surface area (Å²) >= 11 is 0. The van der Waals surface area contributed by atoms with E-state index < -0.39 is 0 Å².